The molecule has 2 N–H and O–H groups in total. The van der Waals surface area contributed by atoms with Gasteiger partial charge in [0.1, 0.15) is 0 Å². The van der Waals surface area contributed by atoms with Crippen molar-refractivity contribution in [2.75, 3.05) is 24.5 Å². The van der Waals surface area contributed by atoms with Crippen molar-refractivity contribution in [2.24, 2.45) is 0 Å². The third kappa shape index (κ3) is 4.77. The van der Waals surface area contributed by atoms with Crippen molar-refractivity contribution in [3.63, 3.8) is 0 Å². The lowest BCUT2D eigenvalue weighted by molar-refractivity contribution is 0.0876. The van der Waals surface area contributed by atoms with Gasteiger partial charge in [0.2, 0.25) is 10.0 Å². The van der Waals surface area contributed by atoms with Gasteiger partial charge in [-0.2, -0.15) is 0 Å². The zero-order chi connectivity index (χ0) is 15.4. The van der Waals surface area contributed by atoms with Gasteiger partial charge < -0.3 is 10.0 Å². The van der Waals surface area contributed by atoms with E-state index in [1.165, 1.54) is 0 Å². The summed E-state index contributed by atoms with van der Waals surface area (Å²) in [5.74, 6) is 0. The van der Waals surface area contributed by atoms with Crippen LogP contribution in [-0.4, -0.2) is 38.8 Å². The predicted octanol–water partition coefficient (Wildman–Crippen LogP) is 1.58. The van der Waals surface area contributed by atoms with Crippen LogP contribution in [0.4, 0.5) is 5.69 Å². The normalized spacial score (nSPS) is 12.4. The summed E-state index contributed by atoms with van der Waals surface area (Å²) in [7, 11) is -3.41. The van der Waals surface area contributed by atoms with Crippen LogP contribution in [0.2, 0.25) is 0 Å². The zero-order valence-electron chi connectivity index (χ0n) is 12.5. The molecule has 0 unspecified atom stereocenters. The molecule has 0 saturated carbocycles. The second-order valence-corrected chi connectivity index (χ2v) is 7.09. The van der Waals surface area contributed by atoms with Crippen LogP contribution >= 0.6 is 0 Å². The SMILES string of the molecule is CCNS(=O)(=O)c1ccc(N(CC)CC(C)(C)O)cc1. The average molecular weight is 300 g/mol. The van der Waals surface area contributed by atoms with Crippen molar-refractivity contribution in [1.82, 2.24) is 4.72 Å². The van der Waals surface area contributed by atoms with Crippen LogP contribution in [-0.2, 0) is 10.0 Å². The van der Waals surface area contributed by atoms with E-state index >= 15 is 0 Å². The first kappa shape index (κ1) is 16.9. The van der Waals surface area contributed by atoms with E-state index in [1.807, 2.05) is 11.8 Å². The Labute approximate surface area is 121 Å². The van der Waals surface area contributed by atoms with Crippen LogP contribution in [0.15, 0.2) is 29.2 Å². The van der Waals surface area contributed by atoms with E-state index in [4.69, 9.17) is 0 Å². The van der Waals surface area contributed by atoms with Gasteiger partial charge in [-0.05, 0) is 45.0 Å². The molecule has 1 aromatic rings. The first-order valence-corrected chi connectivity index (χ1v) is 8.25. The number of anilines is 1. The highest BCUT2D eigenvalue weighted by Gasteiger charge is 2.18. The molecule has 0 amide bonds. The van der Waals surface area contributed by atoms with Gasteiger partial charge in [-0.15, -0.1) is 0 Å². The third-order valence-corrected chi connectivity index (χ3v) is 4.37. The Bertz CT molecular complexity index is 518. The molecule has 0 aliphatic carbocycles. The molecule has 0 aromatic heterocycles. The maximum atomic E-state index is 11.8. The summed E-state index contributed by atoms with van der Waals surface area (Å²) in [5.41, 5.74) is 0.0925. The highest BCUT2D eigenvalue weighted by atomic mass is 32.2. The Kier molecular flexibility index (Phi) is 5.56. The van der Waals surface area contributed by atoms with Gasteiger partial charge in [-0.25, -0.2) is 13.1 Å². The van der Waals surface area contributed by atoms with Gasteiger partial charge in [-0.3, -0.25) is 0 Å². The van der Waals surface area contributed by atoms with Gasteiger partial charge in [0.15, 0.2) is 0 Å². The van der Waals surface area contributed by atoms with Gasteiger partial charge in [0.25, 0.3) is 0 Å². The maximum Gasteiger partial charge on any atom is 0.240 e. The molecule has 0 bridgehead atoms. The van der Waals surface area contributed by atoms with Crippen LogP contribution in [0.25, 0.3) is 0 Å². The summed E-state index contributed by atoms with van der Waals surface area (Å²) in [6.07, 6.45) is 0. The molecule has 5 nitrogen and oxygen atoms in total. The molecule has 20 heavy (non-hydrogen) atoms. The molecule has 0 spiro atoms. The van der Waals surface area contributed by atoms with Crippen LogP contribution in [0.5, 0.6) is 0 Å². The van der Waals surface area contributed by atoms with Crippen molar-refractivity contribution >= 4 is 15.7 Å². The Morgan fingerprint density at radius 3 is 2.15 bits per heavy atom. The van der Waals surface area contributed by atoms with Gasteiger partial charge in [-0.1, -0.05) is 6.92 Å². The summed E-state index contributed by atoms with van der Waals surface area (Å²) < 4.78 is 26.2. The molecule has 0 aliphatic rings. The summed E-state index contributed by atoms with van der Waals surface area (Å²) in [5, 5.41) is 9.89. The van der Waals surface area contributed by atoms with Crippen molar-refractivity contribution < 1.29 is 13.5 Å². The number of likely N-dealkylation sites (N-methyl/N-ethyl adjacent to an activating group) is 1. The maximum absolute atomic E-state index is 11.8. The fourth-order valence-electron chi connectivity index (χ4n) is 1.96. The van der Waals surface area contributed by atoms with Crippen molar-refractivity contribution in [2.45, 2.75) is 38.2 Å². The molecule has 6 heteroatoms. The quantitative estimate of drug-likeness (QED) is 0.802. The molecule has 0 heterocycles. The lowest BCUT2D eigenvalue weighted by atomic mass is 10.1. The van der Waals surface area contributed by atoms with E-state index in [-0.39, 0.29) is 4.90 Å². The summed E-state index contributed by atoms with van der Waals surface area (Å²) in [4.78, 5) is 2.26. The van der Waals surface area contributed by atoms with Crippen molar-refractivity contribution in [3.8, 4) is 0 Å². The minimum atomic E-state index is -3.41. The number of benzene rings is 1. The molecule has 1 rings (SSSR count). The number of hydrogen-bond acceptors (Lipinski definition) is 4. The van der Waals surface area contributed by atoms with Gasteiger partial charge >= 0.3 is 0 Å². The fourth-order valence-corrected chi connectivity index (χ4v) is 3.00. The smallest absolute Gasteiger partial charge is 0.240 e. The van der Waals surface area contributed by atoms with Crippen LogP contribution < -0.4 is 9.62 Å². The molecular weight excluding hydrogens is 276 g/mol. The van der Waals surface area contributed by atoms with Crippen LogP contribution in [0.1, 0.15) is 27.7 Å². The Morgan fingerprint density at radius 2 is 1.75 bits per heavy atom. The van der Waals surface area contributed by atoms with E-state index < -0.39 is 15.6 Å². The standard InChI is InChI=1S/C14H24N2O3S/c1-5-15-20(18,19)13-9-7-12(8-10-13)16(6-2)11-14(3,4)17/h7-10,15,17H,5-6,11H2,1-4H3. The number of rotatable bonds is 7. The molecule has 1 aromatic carbocycles. The van der Waals surface area contributed by atoms with Crippen LogP contribution in [0, 0.1) is 0 Å². The lowest BCUT2D eigenvalue weighted by Crippen LogP contribution is -2.38. The predicted molar refractivity (Wildman–Crippen MR) is 81.5 cm³/mol. The van der Waals surface area contributed by atoms with Crippen LogP contribution in [0.3, 0.4) is 0 Å². The van der Waals surface area contributed by atoms with E-state index in [2.05, 4.69) is 4.72 Å². The highest BCUT2D eigenvalue weighted by molar-refractivity contribution is 7.89. The zero-order valence-corrected chi connectivity index (χ0v) is 13.4. The molecule has 0 radical (unpaired) electrons. The molecular formula is C14H24N2O3S. The van der Waals surface area contributed by atoms with Crippen molar-refractivity contribution in [3.05, 3.63) is 24.3 Å². The summed E-state index contributed by atoms with van der Waals surface area (Å²) >= 11 is 0. The number of nitrogens with one attached hydrogen (secondary N) is 1. The molecule has 0 atom stereocenters. The first-order valence-electron chi connectivity index (χ1n) is 6.76. The topological polar surface area (TPSA) is 69.6 Å². The third-order valence-electron chi connectivity index (χ3n) is 2.81. The highest BCUT2D eigenvalue weighted by Crippen LogP contribution is 2.19. The Balaban J connectivity index is 2.95. The van der Waals surface area contributed by atoms with Crippen molar-refractivity contribution in [1.29, 1.82) is 0 Å². The monoisotopic (exact) mass is 300 g/mol. The minimum Gasteiger partial charge on any atom is -0.389 e. The largest absolute Gasteiger partial charge is 0.389 e. The molecule has 0 fully saturated rings. The Morgan fingerprint density at radius 1 is 1.20 bits per heavy atom. The number of hydrogen-bond donors (Lipinski definition) is 2. The second kappa shape index (κ2) is 6.56. The van der Waals surface area contributed by atoms with E-state index in [0.717, 1.165) is 12.2 Å². The van der Waals surface area contributed by atoms with E-state index in [0.29, 0.717) is 13.1 Å². The number of sulfonamides is 1. The van der Waals surface area contributed by atoms with Gasteiger partial charge in [0, 0.05) is 25.3 Å². The molecule has 0 aliphatic heterocycles. The Hall–Kier alpha value is -1.11. The first-order chi connectivity index (χ1) is 9.19. The molecule has 0 saturated heterocycles. The average Bonchev–Trinajstić information content (AvgIpc) is 2.35. The number of aliphatic hydroxyl groups is 1. The summed E-state index contributed by atoms with van der Waals surface area (Å²) in [6, 6.07) is 6.69. The minimum absolute atomic E-state index is 0.252. The van der Waals surface area contributed by atoms with E-state index in [9.17, 15) is 13.5 Å². The van der Waals surface area contributed by atoms with Gasteiger partial charge in [0.05, 0.1) is 10.5 Å². The summed E-state index contributed by atoms with van der Waals surface area (Å²) in [6.45, 7) is 8.83. The fraction of sp³-hybridized carbons (Fsp3) is 0.571. The number of nitrogens with zero attached hydrogens (tertiary/aromatic N) is 1. The molecule has 114 valence electrons. The van der Waals surface area contributed by atoms with E-state index in [1.54, 1.807) is 45.0 Å². The second-order valence-electron chi connectivity index (χ2n) is 5.32. The lowest BCUT2D eigenvalue weighted by Gasteiger charge is -2.30.